The van der Waals surface area contributed by atoms with Crippen LogP contribution in [0.15, 0.2) is 11.8 Å². The van der Waals surface area contributed by atoms with E-state index in [0.717, 1.165) is 5.76 Å². The number of fused-ring (bicyclic) bond motifs is 1. The highest BCUT2D eigenvalue weighted by Crippen LogP contribution is 2.30. The molecule has 2 aliphatic heterocycles. The standard InChI is InChI=1S/C10H16O4/c1-6-4-7(11)9-8(13-6)5-12-10(2,3)14-9/h4,7-9,11H,5H2,1-3H3/t7-,8-,9+/m1/s1. The molecule has 14 heavy (non-hydrogen) atoms. The lowest BCUT2D eigenvalue weighted by atomic mass is 10.0. The quantitative estimate of drug-likeness (QED) is 0.628. The van der Waals surface area contributed by atoms with Gasteiger partial charge in [-0.3, -0.25) is 0 Å². The fourth-order valence-electron chi connectivity index (χ4n) is 1.82. The molecule has 0 aromatic rings. The van der Waals surface area contributed by atoms with Crippen LogP contribution in [0.4, 0.5) is 0 Å². The van der Waals surface area contributed by atoms with Crippen molar-refractivity contribution in [3.8, 4) is 0 Å². The SMILES string of the molecule is CC1=C[C@@H](O)[C@@H]2OC(C)(C)OC[C@H]2O1. The van der Waals surface area contributed by atoms with Crippen LogP contribution in [0, 0.1) is 0 Å². The first-order valence-corrected chi connectivity index (χ1v) is 4.83. The minimum atomic E-state index is -0.634. The summed E-state index contributed by atoms with van der Waals surface area (Å²) < 4.78 is 16.5. The first kappa shape index (κ1) is 9.96. The molecule has 0 bridgehead atoms. The number of aliphatic hydroxyl groups excluding tert-OH is 1. The molecular weight excluding hydrogens is 184 g/mol. The molecule has 4 nitrogen and oxygen atoms in total. The predicted molar refractivity (Wildman–Crippen MR) is 49.5 cm³/mol. The van der Waals surface area contributed by atoms with Gasteiger partial charge in [0.25, 0.3) is 0 Å². The zero-order valence-corrected chi connectivity index (χ0v) is 8.69. The summed E-state index contributed by atoms with van der Waals surface area (Å²) in [5.74, 6) is 0.0931. The van der Waals surface area contributed by atoms with Gasteiger partial charge in [-0.1, -0.05) is 0 Å². The van der Waals surface area contributed by atoms with Gasteiger partial charge in [-0.25, -0.2) is 0 Å². The van der Waals surface area contributed by atoms with Gasteiger partial charge in [-0.15, -0.1) is 0 Å². The topological polar surface area (TPSA) is 47.9 Å². The molecule has 2 rings (SSSR count). The molecule has 0 unspecified atom stereocenters. The lowest BCUT2D eigenvalue weighted by Gasteiger charge is -2.44. The highest BCUT2D eigenvalue weighted by Gasteiger charge is 2.43. The predicted octanol–water partition coefficient (Wildman–Crippen LogP) is 0.801. The van der Waals surface area contributed by atoms with Crippen molar-refractivity contribution < 1.29 is 19.3 Å². The van der Waals surface area contributed by atoms with Crippen molar-refractivity contribution in [1.82, 2.24) is 0 Å². The second-order valence-corrected chi connectivity index (χ2v) is 4.22. The first-order valence-electron chi connectivity index (χ1n) is 4.83. The Hall–Kier alpha value is -0.580. The molecule has 0 aliphatic carbocycles. The van der Waals surface area contributed by atoms with Crippen LogP contribution < -0.4 is 0 Å². The van der Waals surface area contributed by atoms with Crippen molar-refractivity contribution >= 4 is 0 Å². The van der Waals surface area contributed by atoms with Crippen LogP contribution in [0.5, 0.6) is 0 Å². The van der Waals surface area contributed by atoms with Crippen LogP contribution in [-0.4, -0.2) is 35.8 Å². The van der Waals surface area contributed by atoms with Crippen molar-refractivity contribution in [2.75, 3.05) is 6.61 Å². The maximum Gasteiger partial charge on any atom is 0.163 e. The molecular formula is C10H16O4. The fraction of sp³-hybridized carbons (Fsp3) is 0.800. The van der Waals surface area contributed by atoms with Crippen LogP contribution in [0.3, 0.4) is 0 Å². The zero-order valence-electron chi connectivity index (χ0n) is 8.69. The van der Waals surface area contributed by atoms with E-state index < -0.39 is 11.9 Å². The van der Waals surface area contributed by atoms with E-state index >= 15 is 0 Å². The van der Waals surface area contributed by atoms with E-state index in [1.165, 1.54) is 0 Å². The second kappa shape index (κ2) is 3.22. The molecule has 0 aromatic heterocycles. The maximum atomic E-state index is 9.77. The van der Waals surface area contributed by atoms with Crippen LogP contribution in [-0.2, 0) is 14.2 Å². The summed E-state index contributed by atoms with van der Waals surface area (Å²) in [4.78, 5) is 0. The molecule has 4 heteroatoms. The monoisotopic (exact) mass is 200 g/mol. The zero-order chi connectivity index (χ0) is 10.3. The minimum absolute atomic E-state index is 0.192. The average molecular weight is 200 g/mol. The summed E-state index contributed by atoms with van der Waals surface area (Å²) in [6, 6.07) is 0. The fourth-order valence-corrected chi connectivity index (χ4v) is 1.82. The van der Waals surface area contributed by atoms with Gasteiger partial charge in [0.2, 0.25) is 0 Å². The van der Waals surface area contributed by atoms with E-state index in [-0.39, 0.29) is 12.2 Å². The van der Waals surface area contributed by atoms with Gasteiger partial charge in [-0.05, 0) is 26.8 Å². The molecule has 0 aromatic carbocycles. The first-order chi connectivity index (χ1) is 6.48. The molecule has 1 saturated heterocycles. The van der Waals surface area contributed by atoms with E-state index in [1.54, 1.807) is 6.08 Å². The van der Waals surface area contributed by atoms with Crippen LogP contribution in [0.2, 0.25) is 0 Å². The Kier molecular flexibility index (Phi) is 2.29. The van der Waals surface area contributed by atoms with Gasteiger partial charge in [0.05, 0.1) is 12.4 Å². The Morgan fingerprint density at radius 1 is 1.50 bits per heavy atom. The minimum Gasteiger partial charge on any atom is -0.490 e. The van der Waals surface area contributed by atoms with Gasteiger partial charge < -0.3 is 19.3 Å². The van der Waals surface area contributed by atoms with Crippen molar-refractivity contribution in [2.24, 2.45) is 0 Å². The van der Waals surface area contributed by atoms with Crippen molar-refractivity contribution in [3.63, 3.8) is 0 Å². The Bertz CT molecular complexity index is 259. The maximum absolute atomic E-state index is 9.77. The Morgan fingerprint density at radius 3 is 2.93 bits per heavy atom. The number of hydrogen-bond donors (Lipinski definition) is 1. The summed E-state index contributed by atoms with van der Waals surface area (Å²) >= 11 is 0. The van der Waals surface area contributed by atoms with Gasteiger partial charge >= 0.3 is 0 Å². The van der Waals surface area contributed by atoms with E-state index in [1.807, 2.05) is 20.8 Å². The summed E-state index contributed by atoms with van der Waals surface area (Å²) in [6.45, 7) is 5.95. The van der Waals surface area contributed by atoms with Gasteiger partial charge in [0.15, 0.2) is 11.9 Å². The average Bonchev–Trinajstić information content (AvgIpc) is 2.06. The summed E-state index contributed by atoms with van der Waals surface area (Å²) in [5, 5.41) is 9.77. The highest BCUT2D eigenvalue weighted by molar-refractivity contribution is 5.06. The molecule has 80 valence electrons. The lowest BCUT2D eigenvalue weighted by Crippen LogP contribution is -2.55. The number of aliphatic hydroxyl groups is 1. The third-order valence-electron chi connectivity index (χ3n) is 2.46. The van der Waals surface area contributed by atoms with E-state index in [0.29, 0.717) is 6.61 Å². The molecule has 2 heterocycles. The molecule has 0 saturated carbocycles. The van der Waals surface area contributed by atoms with E-state index in [2.05, 4.69) is 0 Å². The third-order valence-corrected chi connectivity index (χ3v) is 2.46. The van der Waals surface area contributed by atoms with Crippen molar-refractivity contribution in [3.05, 3.63) is 11.8 Å². The van der Waals surface area contributed by atoms with Gasteiger partial charge in [0, 0.05) is 0 Å². The van der Waals surface area contributed by atoms with Crippen molar-refractivity contribution in [2.45, 2.75) is 44.9 Å². The Balaban J connectivity index is 2.15. The number of hydrogen-bond acceptors (Lipinski definition) is 4. The van der Waals surface area contributed by atoms with Crippen LogP contribution in [0.25, 0.3) is 0 Å². The highest BCUT2D eigenvalue weighted by atomic mass is 16.7. The summed E-state index contributed by atoms with van der Waals surface area (Å²) in [7, 11) is 0. The number of ether oxygens (including phenoxy) is 3. The lowest BCUT2D eigenvalue weighted by molar-refractivity contribution is -0.320. The Labute approximate surface area is 83.5 Å². The van der Waals surface area contributed by atoms with Crippen molar-refractivity contribution in [1.29, 1.82) is 0 Å². The summed E-state index contributed by atoms with van der Waals surface area (Å²) in [5.41, 5.74) is 0. The normalized spacial score (nSPS) is 40.9. The molecule has 0 spiro atoms. The van der Waals surface area contributed by atoms with Crippen LogP contribution in [0.1, 0.15) is 20.8 Å². The van der Waals surface area contributed by atoms with Gasteiger partial charge in [-0.2, -0.15) is 0 Å². The molecule has 0 amide bonds. The van der Waals surface area contributed by atoms with Crippen LogP contribution >= 0.6 is 0 Å². The number of allylic oxidation sites excluding steroid dienone is 1. The molecule has 3 atom stereocenters. The van der Waals surface area contributed by atoms with E-state index in [9.17, 15) is 5.11 Å². The number of rotatable bonds is 0. The smallest absolute Gasteiger partial charge is 0.163 e. The second-order valence-electron chi connectivity index (χ2n) is 4.22. The van der Waals surface area contributed by atoms with E-state index in [4.69, 9.17) is 14.2 Å². The summed E-state index contributed by atoms with van der Waals surface area (Å²) in [6.07, 6.45) is 0.560. The largest absolute Gasteiger partial charge is 0.490 e. The Morgan fingerprint density at radius 2 is 2.21 bits per heavy atom. The molecule has 2 aliphatic rings. The molecule has 1 N–H and O–H groups in total. The third kappa shape index (κ3) is 1.78. The van der Waals surface area contributed by atoms with Gasteiger partial charge in [0.1, 0.15) is 12.2 Å². The molecule has 1 fully saturated rings. The molecule has 0 radical (unpaired) electrons.